The second-order valence-corrected chi connectivity index (χ2v) is 8.91. The fourth-order valence-electron chi connectivity index (χ4n) is 3.61. The van der Waals surface area contributed by atoms with E-state index in [4.69, 9.17) is 9.26 Å². The fourth-order valence-corrected chi connectivity index (χ4v) is 4.37. The third kappa shape index (κ3) is 5.37. The predicted octanol–water partition coefficient (Wildman–Crippen LogP) is 5.39. The highest BCUT2D eigenvalue weighted by Crippen LogP contribution is 2.24. The van der Waals surface area contributed by atoms with Crippen molar-refractivity contribution in [2.75, 3.05) is 25.0 Å². The Hall–Kier alpha value is -3.13. The Morgan fingerprint density at radius 3 is 2.75 bits per heavy atom. The Labute approximate surface area is 192 Å². The van der Waals surface area contributed by atoms with Gasteiger partial charge in [-0.25, -0.2) is 9.78 Å². The Kier molecular flexibility index (Phi) is 6.90. The first-order valence-electron chi connectivity index (χ1n) is 10.8. The number of aryl methyl sites for hydroxylation is 2. The lowest BCUT2D eigenvalue weighted by Gasteiger charge is -2.28. The van der Waals surface area contributed by atoms with Crippen LogP contribution in [0.15, 0.2) is 39.9 Å². The Bertz CT molecular complexity index is 1110. The fraction of sp³-hybridized carbons (Fsp3) is 0.375. The number of likely N-dealkylation sites (tertiary alicyclic amines) is 1. The van der Waals surface area contributed by atoms with Crippen molar-refractivity contribution in [3.8, 4) is 5.75 Å². The Morgan fingerprint density at radius 2 is 2.06 bits per heavy atom. The standard InChI is InChI=1S/C24H28N4O3S/c1-16-17(2)27-31-23(16)26-24(29)28-10-7-19(8-11-28)13-20-5-4-6-21(14-20)30-12-9-22-18(3)25-15-32-22/h4-6,13-15H,7-12H2,1-3H3,(H,26,29). The van der Waals surface area contributed by atoms with E-state index in [1.54, 1.807) is 11.3 Å². The summed E-state index contributed by atoms with van der Waals surface area (Å²) in [7, 11) is 0. The summed E-state index contributed by atoms with van der Waals surface area (Å²) >= 11 is 1.67. The van der Waals surface area contributed by atoms with E-state index in [-0.39, 0.29) is 6.03 Å². The summed E-state index contributed by atoms with van der Waals surface area (Å²) in [6.45, 7) is 7.76. The molecule has 0 saturated carbocycles. The molecule has 0 aliphatic carbocycles. The van der Waals surface area contributed by atoms with Crippen molar-refractivity contribution >= 4 is 29.3 Å². The average molecular weight is 453 g/mol. The van der Waals surface area contributed by atoms with E-state index in [0.717, 1.165) is 47.5 Å². The molecule has 1 aliphatic rings. The summed E-state index contributed by atoms with van der Waals surface area (Å²) in [6.07, 6.45) is 4.77. The molecule has 0 atom stereocenters. The normalized spacial score (nSPS) is 13.8. The summed E-state index contributed by atoms with van der Waals surface area (Å²) in [5.41, 5.74) is 7.07. The van der Waals surface area contributed by atoms with Crippen LogP contribution < -0.4 is 10.1 Å². The first-order chi connectivity index (χ1) is 15.5. The van der Waals surface area contributed by atoms with Crippen LogP contribution in [0.25, 0.3) is 6.08 Å². The molecule has 4 rings (SSSR count). The molecule has 168 valence electrons. The van der Waals surface area contributed by atoms with E-state index >= 15 is 0 Å². The van der Waals surface area contributed by atoms with Crippen LogP contribution in [-0.2, 0) is 6.42 Å². The highest BCUT2D eigenvalue weighted by atomic mass is 32.1. The molecule has 1 N–H and O–H groups in total. The van der Waals surface area contributed by atoms with Gasteiger partial charge in [0, 0.05) is 30.0 Å². The molecule has 8 heteroatoms. The molecule has 0 bridgehead atoms. The number of rotatable bonds is 6. The third-order valence-electron chi connectivity index (χ3n) is 5.74. The van der Waals surface area contributed by atoms with Crippen molar-refractivity contribution in [2.45, 2.75) is 40.0 Å². The monoisotopic (exact) mass is 452 g/mol. The number of ether oxygens (including phenoxy) is 1. The number of carbonyl (C=O) groups excluding carboxylic acids is 1. The van der Waals surface area contributed by atoms with Crippen LogP contribution in [0.2, 0.25) is 0 Å². The lowest BCUT2D eigenvalue weighted by atomic mass is 10.0. The number of nitrogens with one attached hydrogen (secondary N) is 1. The maximum absolute atomic E-state index is 12.5. The van der Waals surface area contributed by atoms with Crippen LogP contribution in [0, 0.1) is 20.8 Å². The molecule has 1 fully saturated rings. The molecule has 1 aliphatic heterocycles. The van der Waals surface area contributed by atoms with Gasteiger partial charge < -0.3 is 14.2 Å². The molecule has 3 aromatic rings. The number of hydrogen-bond donors (Lipinski definition) is 1. The van der Waals surface area contributed by atoms with Gasteiger partial charge in [-0.2, -0.15) is 0 Å². The van der Waals surface area contributed by atoms with Crippen LogP contribution in [-0.4, -0.2) is 40.8 Å². The largest absolute Gasteiger partial charge is 0.493 e. The molecular weight excluding hydrogens is 424 g/mol. The topological polar surface area (TPSA) is 80.5 Å². The number of anilines is 1. The molecule has 0 spiro atoms. The van der Waals surface area contributed by atoms with Gasteiger partial charge in [0.1, 0.15) is 5.75 Å². The van der Waals surface area contributed by atoms with E-state index in [1.807, 2.05) is 43.3 Å². The molecule has 2 amide bonds. The number of hydrogen-bond acceptors (Lipinski definition) is 6. The molecule has 1 aromatic carbocycles. The minimum Gasteiger partial charge on any atom is -0.493 e. The van der Waals surface area contributed by atoms with Gasteiger partial charge in [0.15, 0.2) is 0 Å². The molecule has 1 saturated heterocycles. The van der Waals surface area contributed by atoms with Crippen LogP contribution in [0.1, 0.15) is 40.2 Å². The van der Waals surface area contributed by atoms with Gasteiger partial charge in [-0.15, -0.1) is 11.3 Å². The SMILES string of the molecule is Cc1ncsc1CCOc1cccc(C=C2CCN(C(=O)Nc3onc(C)c3C)CC2)c1. The molecule has 3 heterocycles. The third-order valence-corrected chi connectivity index (χ3v) is 6.74. The number of benzene rings is 1. The van der Waals surface area contributed by atoms with Crippen molar-refractivity contribution in [3.05, 3.63) is 62.7 Å². The summed E-state index contributed by atoms with van der Waals surface area (Å²) < 4.78 is 11.1. The summed E-state index contributed by atoms with van der Waals surface area (Å²) in [4.78, 5) is 19.9. The van der Waals surface area contributed by atoms with Crippen molar-refractivity contribution in [2.24, 2.45) is 0 Å². The minimum absolute atomic E-state index is 0.144. The maximum Gasteiger partial charge on any atom is 0.324 e. The second-order valence-electron chi connectivity index (χ2n) is 7.97. The van der Waals surface area contributed by atoms with Gasteiger partial charge in [0.05, 0.1) is 23.5 Å². The maximum atomic E-state index is 12.5. The lowest BCUT2D eigenvalue weighted by Crippen LogP contribution is -2.39. The van der Waals surface area contributed by atoms with Gasteiger partial charge in [0.2, 0.25) is 5.88 Å². The van der Waals surface area contributed by atoms with Gasteiger partial charge in [0.25, 0.3) is 0 Å². The van der Waals surface area contributed by atoms with Crippen LogP contribution in [0.4, 0.5) is 10.7 Å². The predicted molar refractivity (Wildman–Crippen MR) is 126 cm³/mol. The minimum atomic E-state index is -0.144. The zero-order valence-corrected chi connectivity index (χ0v) is 19.5. The Balaban J connectivity index is 1.28. The first kappa shape index (κ1) is 22.1. The number of urea groups is 1. The van der Waals surface area contributed by atoms with Crippen LogP contribution in [0.3, 0.4) is 0 Å². The lowest BCUT2D eigenvalue weighted by molar-refractivity contribution is 0.207. The summed E-state index contributed by atoms with van der Waals surface area (Å²) in [5, 5.41) is 6.71. The average Bonchev–Trinajstić information content (AvgIpc) is 3.34. The molecular formula is C24H28N4O3S. The number of carbonyl (C=O) groups is 1. The number of piperidine rings is 1. The van der Waals surface area contributed by atoms with E-state index in [0.29, 0.717) is 25.6 Å². The van der Waals surface area contributed by atoms with E-state index in [2.05, 4.69) is 33.7 Å². The van der Waals surface area contributed by atoms with Gasteiger partial charge in [-0.05, 0) is 51.3 Å². The number of thiazole rings is 1. The van der Waals surface area contributed by atoms with Crippen molar-refractivity contribution in [3.63, 3.8) is 0 Å². The molecule has 0 radical (unpaired) electrons. The molecule has 2 aromatic heterocycles. The van der Waals surface area contributed by atoms with E-state index < -0.39 is 0 Å². The van der Waals surface area contributed by atoms with Gasteiger partial charge in [-0.1, -0.05) is 28.9 Å². The van der Waals surface area contributed by atoms with Gasteiger partial charge in [-0.3, -0.25) is 5.32 Å². The highest BCUT2D eigenvalue weighted by molar-refractivity contribution is 7.09. The number of aromatic nitrogens is 2. The number of nitrogens with zero attached hydrogens (tertiary/aromatic N) is 3. The smallest absolute Gasteiger partial charge is 0.324 e. The Morgan fingerprint density at radius 1 is 1.25 bits per heavy atom. The highest BCUT2D eigenvalue weighted by Gasteiger charge is 2.21. The van der Waals surface area contributed by atoms with E-state index in [1.165, 1.54) is 10.5 Å². The molecule has 7 nitrogen and oxygen atoms in total. The zero-order valence-electron chi connectivity index (χ0n) is 18.7. The summed E-state index contributed by atoms with van der Waals surface area (Å²) in [5.74, 6) is 1.30. The summed E-state index contributed by atoms with van der Waals surface area (Å²) in [6, 6.07) is 8.02. The van der Waals surface area contributed by atoms with Crippen molar-refractivity contribution in [1.29, 1.82) is 0 Å². The van der Waals surface area contributed by atoms with Crippen molar-refractivity contribution < 1.29 is 14.1 Å². The first-order valence-corrected chi connectivity index (χ1v) is 11.7. The van der Waals surface area contributed by atoms with E-state index in [9.17, 15) is 4.79 Å². The quantitative estimate of drug-likeness (QED) is 0.542. The van der Waals surface area contributed by atoms with Crippen LogP contribution >= 0.6 is 11.3 Å². The zero-order chi connectivity index (χ0) is 22.5. The van der Waals surface area contributed by atoms with Crippen LogP contribution in [0.5, 0.6) is 5.75 Å². The second kappa shape index (κ2) is 9.99. The van der Waals surface area contributed by atoms with Gasteiger partial charge >= 0.3 is 6.03 Å². The number of amides is 2. The molecule has 32 heavy (non-hydrogen) atoms. The van der Waals surface area contributed by atoms with Crippen molar-refractivity contribution in [1.82, 2.24) is 15.0 Å². The molecule has 0 unspecified atom stereocenters.